The molecule has 1 aromatic rings. The molecule has 0 bridgehead atoms. The van der Waals surface area contributed by atoms with Gasteiger partial charge in [-0.3, -0.25) is 0 Å². The summed E-state index contributed by atoms with van der Waals surface area (Å²) in [7, 11) is 0. The summed E-state index contributed by atoms with van der Waals surface area (Å²) in [6.07, 6.45) is 0.647. The van der Waals surface area contributed by atoms with Crippen LogP contribution in [0.1, 0.15) is 18.6 Å². The molecule has 0 atom stereocenters. The van der Waals surface area contributed by atoms with Crippen LogP contribution in [0.4, 0.5) is 0 Å². The maximum atomic E-state index is 9.06. The minimum Gasteiger partial charge on any atom is -0.396 e. The van der Waals surface area contributed by atoms with Crippen LogP contribution < -0.4 is 5.32 Å². The Bertz CT molecular complexity index is 310. The van der Waals surface area contributed by atoms with Gasteiger partial charge in [0.15, 0.2) is 5.82 Å². The first kappa shape index (κ1) is 13.1. The van der Waals surface area contributed by atoms with Crippen LogP contribution in [0.2, 0.25) is 0 Å². The number of nitrogens with one attached hydrogen (secondary N) is 1. The lowest BCUT2D eigenvalue weighted by Crippen LogP contribution is -2.38. The number of nitrogens with zero attached hydrogens (tertiary/aromatic N) is 2. The van der Waals surface area contributed by atoms with Crippen molar-refractivity contribution in [1.82, 2.24) is 15.5 Å². The van der Waals surface area contributed by atoms with Gasteiger partial charge in [-0.15, -0.1) is 0 Å². The Kier molecular flexibility index (Phi) is 4.85. The summed E-state index contributed by atoms with van der Waals surface area (Å²) >= 11 is 0. The van der Waals surface area contributed by atoms with Crippen LogP contribution >= 0.6 is 0 Å². The molecule has 0 aliphatic heterocycles. The van der Waals surface area contributed by atoms with E-state index in [9.17, 15) is 0 Å². The first-order chi connectivity index (χ1) is 7.59. The van der Waals surface area contributed by atoms with E-state index in [1.165, 1.54) is 0 Å². The van der Waals surface area contributed by atoms with Gasteiger partial charge < -0.3 is 20.1 Å². The van der Waals surface area contributed by atoms with Gasteiger partial charge in [0, 0.05) is 24.9 Å². The molecule has 1 heterocycles. The van der Waals surface area contributed by atoms with Gasteiger partial charge in [0.05, 0.1) is 13.2 Å². The molecular formula is C10H19N3O3. The van der Waals surface area contributed by atoms with Crippen LogP contribution in [0.15, 0.2) is 4.52 Å². The second-order valence-corrected chi connectivity index (χ2v) is 4.29. The van der Waals surface area contributed by atoms with Crippen LogP contribution in [0.3, 0.4) is 0 Å². The fourth-order valence-corrected chi connectivity index (χ4v) is 1.19. The van der Waals surface area contributed by atoms with E-state index >= 15 is 0 Å². The molecule has 0 aromatic carbocycles. The fourth-order valence-electron chi connectivity index (χ4n) is 1.19. The first-order valence-corrected chi connectivity index (χ1v) is 5.31. The predicted molar refractivity (Wildman–Crippen MR) is 57.9 cm³/mol. The summed E-state index contributed by atoms with van der Waals surface area (Å²) in [5.41, 5.74) is -0.481. The van der Waals surface area contributed by atoms with E-state index in [1.807, 2.05) is 6.92 Å². The monoisotopic (exact) mass is 229 g/mol. The number of rotatable bonds is 7. The minimum atomic E-state index is -0.481. The topological polar surface area (TPSA) is 91.4 Å². The highest BCUT2D eigenvalue weighted by Gasteiger charge is 2.21. The average Bonchev–Trinajstić information content (AvgIpc) is 2.70. The Hall–Kier alpha value is -0.980. The molecule has 1 aromatic heterocycles. The maximum absolute atomic E-state index is 9.06. The highest BCUT2D eigenvalue weighted by atomic mass is 16.5. The largest absolute Gasteiger partial charge is 0.396 e. The third-order valence-corrected chi connectivity index (χ3v) is 2.40. The maximum Gasteiger partial charge on any atom is 0.227 e. The zero-order chi connectivity index (χ0) is 12.0. The summed E-state index contributed by atoms with van der Waals surface area (Å²) in [5.74, 6) is 1.23. The molecule has 0 saturated heterocycles. The van der Waals surface area contributed by atoms with E-state index in [4.69, 9.17) is 14.7 Å². The third-order valence-electron chi connectivity index (χ3n) is 2.40. The lowest BCUT2D eigenvalue weighted by molar-refractivity contribution is 0.0699. The van der Waals surface area contributed by atoms with Crippen molar-refractivity contribution >= 4 is 0 Å². The number of aliphatic hydroxyl groups is 2. The SMILES string of the molecule is Cc1noc(CCNCC(C)(CO)CO)n1. The Labute approximate surface area is 94.7 Å². The van der Waals surface area contributed by atoms with Crippen LogP contribution in [-0.4, -0.2) is 46.7 Å². The van der Waals surface area contributed by atoms with E-state index in [-0.39, 0.29) is 13.2 Å². The summed E-state index contributed by atoms with van der Waals surface area (Å²) in [4.78, 5) is 4.07. The molecule has 6 nitrogen and oxygen atoms in total. The molecule has 0 unspecified atom stereocenters. The molecule has 3 N–H and O–H groups in total. The Morgan fingerprint density at radius 1 is 1.38 bits per heavy atom. The van der Waals surface area contributed by atoms with Crippen LogP contribution in [0.5, 0.6) is 0 Å². The molecule has 1 rings (SSSR count). The Morgan fingerprint density at radius 2 is 2.06 bits per heavy atom. The van der Waals surface area contributed by atoms with E-state index in [0.29, 0.717) is 31.2 Å². The van der Waals surface area contributed by atoms with E-state index < -0.39 is 5.41 Å². The second kappa shape index (κ2) is 5.93. The predicted octanol–water partition coefficient (Wildman–Crippen LogP) is -0.499. The normalized spacial score (nSPS) is 12.0. The Morgan fingerprint density at radius 3 is 2.56 bits per heavy atom. The highest BCUT2D eigenvalue weighted by Crippen LogP contribution is 2.11. The van der Waals surface area contributed by atoms with Gasteiger partial charge in [-0.05, 0) is 6.92 Å². The molecule has 0 fully saturated rings. The molecule has 0 radical (unpaired) electrons. The van der Waals surface area contributed by atoms with Gasteiger partial charge in [0.1, 0.15) is 0 Å². The minimum absolute atomic E-state index is 0.0455. The zero-order valence-electron chi connectivity index (χ0n) is 9.73. The van der Waals surface area contributed by atoms with Crippen molar-refractivity contribution in [2.45, 2.75) is 20.3 Å². The van der Waals surface area contributed by atoms with E-state index in [0.717, 1.165) is 0 Å². The van der Waals surface area contributed by atoms with Gasteiger partial charge in [0.25, 0.3) is 0 Å². The molecule has 0 amide bonds. The molecule has 0 aliphatic carbocycles. The van der Waals surface area contributed by atoms with Crippen LogP contribution in [0, 0.1) is 12.3 Å². The van der Waals surface area contributed by atoms with E-state index in [2.05, 4.69) is 15.5 Å². The van der Waals surface area contributed by atoms with Crippen molar-refractivity contribution in [3.05, 3.63) is 11.7 Å². The molecule has 16 heavy (non-hydrogen) atoms. The van der Waals surface area contributed by atoms with Crippen molar-refractivity contribution in [2.24, 2.45) is 5.41 Å². The van der Waals surface area contributed by atoms with Crippen molar-refractivity contribution < 1.29 is 14.7 Å². The standard InChI is InChI=1S/C10H19N3O3/c1-8-12-9(16-13-8)3-4-11-5-10(2,6-14)7-15/h11,14-15H,3-7H2,1-2H3. The summed E-state index contributed by atoms with van der Waals surface area (Å²) in [6, 6.07) is 0. The highest BCUT2D eigenvalue weighted by molar-refractivity contribution is 4.84. The number of hydrogen-bond donors (Lipinski definition) is 3. The van der Waals surface area contributed by atoms with E-state index in [1.54, 1.807) is 6.92 Å². The fraction of sp³-hybridized carbons (Fsp3) is 0.800. The molecule has 6 heteroatoms. The zero-order valence-corrected chi connectivity index (χ0v) is 9.73. The van der Waals surface area contributed by atoms with Gasteiger partial charge in [0.2, 0.25) is 5.89 Å². The summed E-state index contributed by atoms with van der Waals surface area (Å²) < 4.78 is 4.95. The lowest BCUT2D eigenvalue weighted by Gasteiger charge is -2.24. The number of aromatic nitrogens is 2. The third kappa shape index (κ3) is 3.88. The van der Waals surface area contributed by atoms with Gasteiger partial charge in [-0.2, -0.15) is 4.98 Å². The molecule has 0 saturated carbocycles. The quantitative estimate of drug-likeness (QED) is 0.546. The lowest BCUT2D eigenvalue weighted by atomic mass is 9.93. The van der Waals surface area contributed by atoms with Crippen molar-refractivity contribution in [3.8, 4) is 0 Å². The number of aryl methyl sites for hydroxylation is 1. The van der Waals surface area contributed by atoms with Crippen molar-refractivity contribution in [1.29, 1.82) is 0 Å². The van der Waals surface area contributed by atoms with Gasteiger partial charge in [-0.1, -0.05) is 12.1 Å². The van der Waals surface area contributed by atoms with Crippen molar-refractivity contribution in [2.75, 3.05) is 26.3 Å². The number of aliphatic hydroxyl groups excluding tert-OH is 2. The summed E-state index contributed by atoms with van der Waals surface area (Å²) in [5, 5.41) is 24.9. The second-order valence-electron chi connectivity index (χ2n) is 4.29. The molecule has 0 spiro atoms. The molecular weight excluding hydrogens is 210 g/mol. The Balaban J connectivity index is 2.21. The molecule has 92 valence electrons. The summed E-state index contributed by atoms with van der Waals surface area (Å²) in [6.45, 7) is 4.72. The van der Waals surface area contributed by atoms with Crippen LogP contribution in [0.25, 0.3) is 0 Å². The van der Waals surface area contributed by atoms with Crippen molar-refractivity contribution in [3.63, 3.8) is 0 Å². The number of hydrogen-bond acceptors (Lipinski definition) is 6. The van der Waals surface area contributed by atoms with Gasteiger partial charge >= 0.3 is 0 Å². The first-order valence-electron chi connectivity index (χ1n) is 5.31. The van der Waals surface area contributed by atoms with Crippen LogP contribution in [-0.2, 0) is 6.42 Å². The average molecular weight is 229 g/mol. The molecule has 0 aliphatic rings. The smallest absolute Gasteiger partial charge is 0.227 e. The van der Waals surface area contributed by atoms with Gasteiger partial charge in [-0.25, -0.2) is 0 Å².